The predicted octanol–water partition coefficient (Wildman–Crippen LogP) is 11.8. The van der Waals surface area contributed by atoms with Gasteiger partial charge in [0.2, 0.25) is 0 Å². The van der Waals surface area contributed by atoms with E-state index in [9.17, 15) is 4.79 Å². The molecule has 0 atom stereocenters. The van der Waals surface area contributed by atoms with Gasteiger partial charge in [-0.15, -0.1) is 0 Å². The standard InChI is InChI=1S/C35H71NO2/c1-2-3-4-5-6-7-8-9-10-11-12-13-14-15-16-17-18-19-20-21-22-23-24-25-26-27-28-29-30-33-36-34-31-32-35(37)38/h36H,2-34H2,1H3,(H,37,38). The molecule has 0 radical (unpaired) electrons. The highest BCUT2D eigenvalue weighted by molar-refractivity contribution is 5.66. The van der Waals surface area contributed by atoms with Crippen molar-refractivity contribution >= 4 is 5.97 Å². The van der Waals surface area contributed by atoms with Crippen LogP contribution in [0.4, 0.5) is 0 Å². The number of carboxylic acid groups (broad SMARTS) is 1. The minimum absolute atomic E-state index is 0.284. The summed E-state index contributed by atoms with van der Waals surface area (Å²) in [5, 5.41) is 11.9. The molecular formula is C35H71NO2. The molecule has 0 saturated carbocycles. The van der Waals surface area contributed by atoms with Crippen LogP contribution in [-0.4, -0.2) is 24.2 Å². The second kappa shape index (κ2) is 34.5. The van der Waals surface area contributed by atoms with Gasteiger partial charge in [0.05, 0.1) is 0 Å². The Morgan fingerprint density at radius 1 is 0.395 bits per heavy atom. The van der Waals surface area contributed by atoms with Crippen LogP contribution in [0.5, 0.6) is 0 Å². The van der Waals surface area contributed by atoms with Crippen molar-refractivity contribution in [3.05, 3.63) is 0 Å². The average Bonchev–Trinajstić information content (AvgIpc) is 2.91. The Kier molecular flexibility index (Phi) is 33.9. The summed E-state index contributed by atoms with van der Waals surface area (Å²) < 4.78 is 0. The van der Waals surface area contributed by atoms with Crippen molar-refractivity contribution in [3.63, 3.8) is 0 Å². The van der Waals surface area contributed by atoms with Crippen molar-refractivity contribution < 1.29 is 9.90 Å². The van der Waals surface area contributed by atoms with Crippen molar-refractivity contribution in [2.24, 2.45) is 0 Å². The highest BCUT2D eigenvalue weighted by Crippen LogP contribution is 2.16. The smallest absolute Gasteiger partial charge is 0.303 e. The third-order valence-corrected chi connectivity index (χ3v) is 8.20. The first-order valence-corrected chi connectivity index (χ1v) is 17.7. The summed E-state index contributed by atoms with van der Waals surface area (Å²) in [7, 11) is 0. The normalized spacial score (nSPS) is 11.4. The molecule has 0 unspecified atom stereocenters. The Morgan fingerprint density at radius 3 is 0.895 bits per heavy atom. The summed E-state index contributed by atoms with van der Waals surface area (Å²) in [6, 6.07) is 0. The van der Waals surface area contributed by atoms with Crippen LogP contribution in [0, 0.1) is 0 Å². The molecule has 38 heavy (non-hydrogen) atoms. The van der Waals surface area contributed by atoms with Gasteiger partial charge in [-0.25, -0.2) is 0 Å². The zero-order valence-corrected chi connectivity index (χ0v) is 26.2. The average molecular weight is 538 g/mol. The van der Waals surface area contributed by atoms with Crippen molar-refractivity contribution in [2.75, 3.05) is 13.1 Å². The molecule has 3 heteroatoms. The van der Waals surface area contributed by atoms with E-state index in [0.717, 1.165) is 19.5 Å². The Morgan fingerprint density at radius 2 is 0.632 bits per heavy atom. The van der Waals surface area contributed by atoms with Crippen molar-refractivity contribution in [2.45, 2.75) is 206 Å². The molecule has 0 aromatic rings. The number of carbonyl (C=O) groups is 1. The minimum Gasteiger partial charge on any atom is -0.481 e. The first kappa shape index (κ1) is 37.4. The summed E-state index contributed by atoms with van der Waals surface area (Å²) in [5.41, 5.74) is 0. The topological polar surface area (TPSA) is 49.3 Å². The molecule has 0 spiro atoms. The maximum Gasteiger partial charge on any atom is 0.303 e. The van der Waals surface area contributed by atoms with Crippen LogP contribution in [-0.2, 0) is 4.79 Å². The third kappa shape index (κ3) is 35.4. The van der Waals surface area contributed by atoms with Crippen molar-refractivity contribution in [1.82, 2.24) is 5.32 Å². The van der Waals surface area contributed by atoms with Gasteiger partial charge in [0.15, 0.2) is 0 Å². The molecule has 0 heterocycles. The van der Waals surface area contributed by atoms with Gasteiger partial charge in [-0.2, -0.15) is 0 Å². The molecule has 0 saturated heterocycles. The Labute approximate surface area is 240 Å². The van der Waals surface area contributed by atoms with E-state index < -0.39 is 5.97 Å². The lowest BCUT2D eigenvalue weighted by molar-refractivity contribution is -0.137. The quantitative estimate of drug-likeness (QED) is 0.0802. The number of aliphatic carboxylic acids is 1. The van der Waals surface area contributed by atoms with Gasteiger partial charge < -0.3 is 10.4 Å². The first-order valence-electron chi connectivity index (χ1n) is 17.7. The molecule has 0 aromatic carbocycles. The van der Waals surface area contributed by atoms with E-state index >= 15 is 0 Å². The largest absolute Gasteiger partial charge is 0.481 e. The van der Waals surface area contributed by atoms with Crippen LogP contribution >= 0.6 is 0 Å². The fraction of sp³-hybridized carbons (Fsp3) is 0.971. The predicted molar refractivity (Wildman–Crippen MR) is 169 cm³/mol. The van der Waals surface area contributed by atoms with E-state index in [-0.39, 0.29) is 6.42 Å². The summed E-state index contributed by atoms with van der Waals surface area (Å²) in [4.78, 5) is 10.4. The molecule has 0 fully saturated rings. The van der Waals surface area contributed by atoms with Gasteiger partial charge >= 0.3 is 5.97 Å². The van der Waals surface area contributed by atoms with Crippen LogP contribution in [0.2, 0.25) is 0 Å². The lowest BCUT2D eigenvalue weighted by Crippen LogP contribution is -2.17. The Balaban J connectivity index is 3.02. The number of unbranched alkanes of at least 4 members (excludes halogenated alkanes) is 28. The lowest BCUT2D eigenvalue weighted by Gasteiger charge is -2.05. The highest BCUT2D eigenvalue weighted by Gasteiger charge is 1.98. The van der Waals surface area contributed by atoms with Crippen molar-refractivity contribution in [3.8, 4) is 0 Å². The minimum atomic E-state index is -0.687. The van der Waals surface area contributed by atoms with Crippen LogP contribution in [0.1, 0.15) is 206 Å². The van der Waals surface area contributed by atoms with Gasteiger partial charge in [-0.05, 0) is 25.9 Å². The van der Waals surface area contributed by atoms with Crippen molar-refractivity contribution in [1.29, 1.82) is 0 Å². The van der Waals surface area contributed by atoms with Gasteiger partial charge in [-0.1, -0.05) is 187 Å². The van der Waals surface area contributed by atoms with Crippen LogP contribution in [0.15, 0.2) is 0 Å². The molecule has 228 valence electrons. The molecule has 0 amide bonds. The second-order valence-corrected chi connectivity index (χ2v) is 12.1. The summed E-state index contributed by atoms with van der Waals surface area (Å²) in [6.45, 7) is 4.18. The number of nitrogens with one attached hydrogen (secondary N) is 1. The van der Waals surface area contributed by atoms with E-state index in [4.69, 9.17) is 5.11 Å². The Hall–Kier alpha value is -0.570. The molecule has 2 N–H and O–H groups in total. The van der Waals surface area contributed by atoms with Crippen LogP contribution in [0.25, 0.3) is 0 Å². The highest BCUT2D eigenvalue weighted by atomic mass is 16.4. The molecule has 0 aliphatic heterocycles. The van der Waals surface area contributed by atoms with Crippen LogP contribution < -0.4 is 5.32 Å². The molecule has 0 bridgehead atoms. The third-order valence-electron chi connectivity index (χ3n) is 8.20. The van der Waals surface area contributed by atoms with E-state index in [1.165, 1.54) is 186 Å². The Bertz CT molecular complexity index is 440. The SMILES string of the molecule is CCCCCCCCCCCCCCCCCCCCCCCCCCCCCCCNCCCC(=O)O. The monoisotopic (exact) mass is 538 g/mol. The molecule has 0 aliphatic carbocycles. The van der Waals surface area contributed by atoms with E-state index in [2.05, 4.69) is 12.2 Å². The number of rotatable bonds is 34. The van der Waals surface area contributed by atoms with E-state index in [1.54, 1.807) is 0 Å². The fourth-order valence-corrected chi connectivity index (χ4v) is 5.59. The zero-order valence-electron chi connectivity index (χ0n) is 26.2. The number of hydrogen-bond donors (Lipinski definition) is 2. The number of carboxylic acids is 1. The van der Waals surface area contributed by atoms with Gasteiger partial charge in [0.25, 0.3) is 0 Å². The first-order chi connectivity index (χ1) is 18.8. The zero-order chi connectivity index (χ0) is 27.6. The van der Waals surface area contributed by atoms with E-state index in [1.807, 2.05) is 0 Å². The summed E-state index contributed by atoms with van der Waals surface area (Å²) >= 11 is 0. The lowest BCUT2D eigenvalue weighted by atomic mass is 10.0. The van der Waals surface area contributed by atoms with Gasteiger partial charge in [0.1, 0.15) is 0 Å². The second-order valence-electron chi connectivity index (χ2n) is 12.1. The maximum absolute atomic E-state index is 10.4. The van der Waals surface area contributed by atoms with Gasteiger partial charge in [0, 0.05) is 6.42 Å². The molecule has 0 rings (SSSR count). The van der Waals surface area contributed by atoms with Crippen LogP contribution in [0.3, 0.4) is 0 Å². The van der Waals surface area contributed by atoms with Gasteiger partial charge in [-0.3, -0.25) is 4.79 Å². The summed E-state index contributed by atoms with van der Waals surface area (Å²) in [6.07, 6.45) is 42.8. The molecule has 0 aromatic heterocycles. The number of hydrogen-bond acceptors (Lipinski definition) is 2. The summed E-state index contributed by atoms with van der Waals surface area (Å²) in [5.74, 6) is -0.687. The maximum atomic E-state index is 10.4. The fourth-order valence-electron chi connectivity index (χ4n) is 5.59. The molecular weight excluding hydrogens is 466 g/mol. The molecule has 0 aliphatic rings. The van der Waals surface area contributed by atoms with E-state index in [0.29, 0.717) is 0 Å². The molecule has 3 nitrogen and oxygen atoms in total.